The van der Waals surface area contributed by atoms with Gasteiger partial charge in [-0.2, -0.15) is 5.10 Å². The molecule has 2 nitrogen and oxygen atoms in total. The Morgan fingerprint density at radius 1 is 0.808 bits per heavy atom. The minimum absolute atomic E-state index is 0.231. The van der Waals surface area contributed by atoms with Gasteiger partial charge in [-0.3, -0.25) is 5.01 Å². The summed E-state index contributed by atoms with van der Waals surface area (Å²) in [4.78, 5) is 0. The third kappa shape index (κ3) is 3.60. The van der Waals surface area contributed by atoms with Crippen LogP contribution in [-0.4, -0.2) is 5.71 Å². The van der Waals surface area contributed by atoms with Gasteiger partial charge in [-0.15, -0.1) is 0 Å². The number of hydrogen-bond acceptors (Lipinski definition) is 2. The van der Waals surface area contributed by atoms with Gasteiger partial charge in [0.15, 0.2) is 0 Å². The van der Waals surface area contributed by atoms with Crippen LogP contribution in [0.15, 0.2) is 96.1 Å². The number of nitrogens with zero attached hydrogens (tertiary/aromatic N) is 2. The maximum Gasteiger partial charge on any atom is 0.0831 e. The van der Waals surface area contributed by atoms with Crippen LogP contribution < -0.4 is 5.01 Å². The number of hydrogen-bond donors (Lipinski definition) is 0. The Kier molecular flexibility index (Phi) is 4.65. The van der Waals surface area contributed by atoms with Crippen LogP contribution in [0.2, 0.25) is 0 Å². The van der Waals surface area contributed by atoms with Crippen LogP contribution >= 0.6 is 0 Å². The van der Waals surface area contributed by atoms with Gasteiger partial charge in [0.1, 0.15) is 0 Å². The Morgan fingerprint density at radius 3 is 2.15 bits per heavy atom. The highest BCUT2D eigenvalue weighted by Crippen LogP contribution is 2.35. The summed E-state index contributed by atoms with van der Waals surface area (Å²) in [6.07, 6.45) is 5.18. The second-order valence-electron chi connectivity index (χ2n) is 6.65. The fourth-order valence-electron chi connectivity index (χ4n) is 3.26. The van der Waals surface area contributed by atoms with Gasteiger partial charge in [-0.05, 0) is 36.3 Å². The normalized spacial score (nSPS) is 16.9. The number of anilines is 1. The first-order valence-electron chi connectivity index (χ1n) is 9.01. The molecule has 2 heteroatoms. The van der Waals surface area contributed by atoms with Gasteiger partial charge in [-0.1, -0.05) is 84.4 Å². The molecule has 26 heavy (non-hydrogen) atoms. The standard InChI is InChI=1S/C24H22N2/c1-19-12-16-23(17-13-19)26-24(21-10-6-3-7-11-21)18-22(25-26)15-14-20-8-4-2-5-9-20/h2-17,24H,18H2,1H3. The lowest BCUT2D eigenvalue weighted by atomic mass is 10.0. The molecule has 1 aliphatic heterocycles. The van der Waals surface area contributed by atoms with Crippen molar-refractivity contribution in [1.29, 1.82) is 0 Å². The van der Waals surface area contributed by atoms with E-state index in [1.165, 1.54) is 16.7 Å². The average molecular weight is 338 g/mol. The first-order valence-corrected chi connectivity index (χ1v) is 9.01. The van der Waals surface area contributed by atoms with Gasteiger partial charge in [0, 0.05) is 6.42 Å². The van der Waals surface area contributed by atoms with Crippen molar-refractivity contribution in [2.24, 2.45) is 5.10 Å². The summed E-state index contributed by atoms with van der Waals surface area (Å²) in [7, 11) is 0. The van der Waals surface area contributed by atoms with Crippen LogP contribution in [0.25, 0.3) is 6.08 Å². The fourth-order valence-corrected chi connectivity index (χ4v) is 3.26. The molecular weight excluding hydrogens is 316 g/mol. The van der Waals surface area contributed by atoms with Gasteiger partial charge < -0.3 is 0 Å². The summed E-state index contributed by atoms with van der Waals surface area (Å²) in [6.45, 7) is 2.11. The monoisotopic (exact) mass is 338 g/mol. The maximum absolute atomic E-state index is 4.92. The number of allylic oxidation sites excluding steroid dienone is 1. The lowest BCUT2D eigenvalue weighted by molar-refractivity contribution is 0.709. The van der Waals surface area contributed by atoms with Crippen LogP contribution in [0, 0.1) is 6.92 Å². The smallest absolute Gasteiger partial charge is 0.0831 e. The molecule has 0 saturated heterocycles. The summed E-state index contributed by atoms with van der Waals surface area (Å²) in [5.41, 5.74) is 5.98. The minimum atomic E-state index is 0.231. The molecule has 0 bridgehead atoms. The number of hydrazone groups is 1. The van der Waals surface area contributed by atoms with E-state index < -0.39 is 0 Å². The molecule has 1 unspecified atom stereocenters. The van der Waals surface area contributed by atoms with Crippen LogP contribution in [0.4, 0.5) is 5.69 Å². The molecule has 0 amide bonds. The third-order valence-corrected chi connectivity index (χ3v) is 4.68. The lowest BCUT2D eigenvalue weighted by Crippen LogP contribution is -2.18. The van der Waals surface area contributed by atoms with Crippen molar-refractivity contribution in [2.75, 3.05) is 5.01 Å². The largest absolute Gasteiger partial charge is 0.257 e. The summed E-state index contributed by atoms with van der Waals surface area (Å²) >= 11 is 0. The van der Waals surface area contributed by atoms with Crippen LogP contribution in [0.1, 0.15) is 29.2 Å². The molecule has 0 radical (unpaired) electrons. The molecule has 128 valence electrons. The zero-order valence-corrected chi connectivity index (χ0v) is 14.9. The van der Waals surface area contributed by atoms with Crippen LogP contribution in [0.5, 0.6) is 0 Å². The molecule has 3 aromatic carbocycles. The lowest BCUT2D eigenvalue weighted by Gasteiger charge is -2.24. The molecule has 0 aliphatic carbocycles. The van der Waals surface area contributed by atoms with Gasteiger partial charge in [-0.25, -0.2) is 0 Å². The Labute approximate surface area is 155 Å². The van der Waals surface area contributed by atoms with E-state index >= 15 is 0 Å². The van der Waals surface area contributed by atoms with Crippen molar-refractivity contribution in [1.82, 2.24) is 0 Å². The first kappa shape index (κ1) is 16.3. The summed E-state index contributed by atoms with van der Waals surface area (Å²) in [6, 6.07) is 29.8. The summed E-state index contributed by atoms with van der Waals surface area (Å²) < 4.78 is 0. The van der Waals surface area contributed by atoms with E-state index in [-0.39, 0.29) is 6.04 Å². The number of rotatable bonds is 4. The predicted molar refractivity (Wildman–Crippen MR) is 110 cm³/mol. The van der Waals surface area contributed by atoms with Gasteiger partial charge in [0.05, 0.1) is 17.4 Å². The van der Waals surface area contributed by atoms with Crippen molar-refractivity contribution in [2.45, 2.75) is 19.4 Å². The van der Waals surface area contributed by atoms with E-state index in [1.54, 1.807) is 0 Å². The average Bonchev–Trinajstić information content (AvgIpc) is 3.13. The Morgan fingerprint density at radius 2 is 1.46 bits per heavy atom. The second kappa shape index (κ2) is 7.40. The molecule has 0 N–H and O–H groups in total. The zero-order valence-electron chi connectivity index (χ0n) is 14.9. The molecular formula is C24H22N2. The molecule has 0 saturated carbocycles. The molecule has 1 aliphatic rings. The fraction of sp³-hybridized carbons (Fsp3) is 0.125. The summed E-state index contributed by atoms with van der Waals surface area (Å²) in [5.74, 6) is 0. The van der Waals surface area contributed by atoms with E-state index in [0.717, 1.165) is 17.8 Å². The molecule has 1 atom stereocenters. The predicted octanol–water partition coefficient (Wildman–Crippen LogP) is 6.02. The number of benzene rings is 3. The van der Waals surface area contributed by atoms with Crippen molar-refractivity contribution < 1.29 is 0 Å². The van der Waals surface area contributed by atoms with Crippen molar-refractivity contribution in [3.8, 4) is 0 Å². The molecule has 1 heterocycles. The van der Waals surface area contributed by atoms with E-state index in [4.69, 9.17) is 5.10 Å². The molecule has 0 aromatic heterocycles. The third-order valence-electron chi connectivity index (χ3n) is 4.68. The molecule has 4 rings (SSSR count). The van der Waals surface area contributed by atoms with Crippen LogP contribution in [-0.2, 0) is 0 Å². The Balaban J connectivity index is 1.65. The van der Waals surface area contributed by atoms with E-state index in [9.17, 15) is 0 Å². The Hall–Kier alpha value is -3.13. The highest BCUT2D eigenvalue weighted by Gasteiger charge is 2.27. The van der Waals surface area contributed by atoms with Crippen molar-refractivity contribution >= 4 is 17.5 Å². The second-order valence-corrected chi connectivity index (χ2v) is 6.65. The quantitative estimate of drug-likeness (QED) is 0.568. The van der Waals surface area contributed by atoms with Gasteiger partial charge in [0.2, 0.25) is 0 Å². The zero-order chi connectivity index (χ0) is 17.8. The maximum atomic E-state index is 4.92. The highest BCUT2D eigenvalue weighted by molar-refractivity contribution is 6.01. The van der Waals surface area contributed by atoms with Crippen molar-refractivity contribution in [3.05, 3.63) is 108 Å². The minimum Gasteiger partial charge on any atom is -0.257 e. The molecule has 0 fully saturated rings. The SMILES string of the molecule is Cc1ccc(N2N=C(C=Cc3ccccc3)CC2c2ccccc2)cc1. The van der Waals surface area contributed by atoms with Crippen LogP contribution in [0.3, 0.4) is 0 Å². The molecule has 3 aromatic rings. The highest BCUT2D eigenvalue weighted by atomic mass is 15.5. The van der Waals surface area contributed by atoms with Crippen molar-refractivity contribution in [3.63, 3.8) is 0 Å². The van der Waals surface area contributed by atoms with E-state index in [1.807, 2.05) is 6.07 Å². The molecule has 0 spiro atoms. The topological polar surface area (TPSA) is 15.6 Å². The van der Waals surface area contributed by atoms with Gasteiger partial charge >= 0.3 is 0 Å². The summed E-state index contributed by atoms with van der Waals surface area (Å²) in [5, 5.41) is 7.08. The van der Waals surface area contributed by atoms with E-state index in [0.29, 0.717) is 0 Å². The Bertz CT molecular complexity index is 909. The first-order chi connectivity index (χ1) is 12.8. The van der Waals surface area contributed by atoms with Gasteiger partial charge in [0.25, 0.3) is 0 Å². The van der Waals surface area contributed by atoms with E-state index in [2.05, 4.69) is 103 Å². The number of aryl methyl sites for hydroxylation is 1.